The topological polar surface area (TPSA) is 134 Å². The molecule has 0 radical (unpaired) electrons. The van der Waals surface area contributed by atoms with E-state index in [1.54, 1.807) is 0 Å². The molecular formula is C44H86NO8P. The molecule has 0 aliphatic carbocycles. The first-order valence-corrected chi connectivity index (χ1v) is 24.2. The van der Waals surface area contributed by atoms with E-state index in [-0.39, 0.29) is 38.6 Å². The van der Waals surface area contributed by atoms with Crippen LogP contribution < -0.4 is 5.73 Å². The van der Waals surface area contributed by atoms with Crippen LogP contribution in [-0.2, 0) is 32.7 Å². The molecule has 0 heterocycles. The Balaban J connectivity index is 4.07. The number of unbranched alkanes of at least 4 members (excludes halogenated alkanes) is 28. The molecule has 0 amide bonds. The van der Waals surface area contributed by atoms with Gasteiger partial charge in [-0.1, -0.05) is 187 Å². The SMILES string of the molecule is CCCCCCC/C=C\CCCCCCCC(=O)OC(COC(=O)CCCCCCCCCCCCCCCCCCCCC)COP(=O)(O)OCCN. The lowest BCUT2D eigenvalue weighted by Crippen LogP contribution is -2.29. The van der Waals surface area contributed by atoms with E-state index < -0.39 is 26.5 Å². The van der Waals surface area contributed by atoms with Gasteiger partial charge in [0.25, 0.3) is 0 Å². The third-order valence-corrected chi connectivity index (χ3v) is 10.9. The van der Waals surface area contributed by atoms with E-state index in [4.69, 9.17) is 24.3 Å². The normalized spacial score (nSPS) is 13.3. The Bertz CT molecular complexity index is 902. The maximum absolute atomic E-state index is 12.6. The molecule has 2 unspecified atom stereocenters. The van der Waals surface area contributed by atoms with Crippen molar-refractivity contribution in [1.82, 2.24) is 0 Å². The van der Waals surface area contributed by atoms with E-state index in [0.29, 0.717) is 6.42 Å². The summed E-state index contributed by atoms with van der Waals surface area (Å²) in [4.78, 5) is 34.9. The van der Waals surface area contributed by atoms with Crippen LogP contribution in [-0.4, -0.2) is 49.3 Å². The maximum atomic E-state index is 12.6. The minimum absolute atomic E-state index is 0.0549. The van der Waals surface area contributed by atoms with Crippen LogP contribution in [0.25, 0.3) is 0 Å². The Morgan fingerprint density at radius 1 is 0.537 bits per heavy atom. The Kier molecular flexibility index (Phi) is 40.4. The Labute approximate surface area is 332 Å². The van der Waals surface area contributed by atoms with Crippen LogP contribution in [0.3, 0.4) is 0 Å². The van der Waals surface area contributed by atoms with Gasteiger partial charge in [0.1, 0.15) is 6.61 Å². The van der Waals surface area contributed by atoms with Crippen molar-refractivity contribution in [3.05, 3.63) is 12.2 Å². The zero-order chi connectivity index (χ0) is 39.6. The number of esters is 2. The average molecular weight is 788 g/mol. The molecule has 2 atom stereocenters. The van der Waals surface area contributed by atoms with Gasteiger partial charge in [-0.2, -0.15) is 0 Å². The van der Waals surface area contributed by atoms with Gasteiger partial charge in [-0.15, -0.1) is 0 Å². The number of carbonyl (C=O) groups excluding carboxylic acids is 2. The molecule has 3 N–H and O–H groups in total. The fourth-order valence-corrected chi connectivity index (χ4v) is 7.28. The van der Waals surface area contributed by atoms with Gasteiger partial charge < -0.3 is 20.1 Å². The van der Waals surface area contributed by atoms with E-state index in [1.165, 1.54) is 141 Å². The first-order chi connectivity index (χ1) is 26.3. The number of allylic oxidation sites excluding steroid dienone is 2. The monoisotopic (exact) mass is 788 g/mol. The van der Waals surface area contributed by atoms with E-state index in [0.717, 1.165) is 51.4 Å². The van der Waals surface area contributed by atoms with Gasteiger partial charge in [-0.25, -0.2) is 4.57 Å². The summed E-state index contributed by atoms with van der Waals surface area (Å²) in [5.74, 6) is -0.827. The largest absolute Gasteiger partial charge is 0.472 e. The summed E-state index contributed by atoms with van der Waals surface area (Å²) in [6.07, 6.45) is 42.4. The first-order valence-electron chi connectivity index (χ1n) is 22.7. The number of hydrogen-bond donors (Lipinski definition) is 2. The summed E-state index contributed by atoms with van der Waals surface area (Å²) in [5.41, 5.74) is 5.35. The molecule has 0 bridgehead atoms. The minimum atomic E-state index is -4.37. The fourth-order valence-electron chi connectivity index (χ4n) is 6.51. The van der Waals surface area contributed by atoms with Crippen LogP contribution in [0.4, 0.5) is 0 Å². The van der Waals surface area contributed by atoms with E-state index in [1.807, 2.05) is 0 Å². The van der Waals surface area contributed by atoms with Crippen molar-refractivity contribution in [2.24, 2.45) is 5.73 Å². The summed E-state index contributed by atoms with van der Waals surface area (Å²) < 4.78 is 32.8. The molecule has 10 heteroatoms. The van der Waals surface area contributed by atoms with Crippen molar-refractivity contribution in [1.29, 1.82) is 0 Å². The molecule has 9 nitrogen and oxygen atoms in total. The van der Waals surface area contributed by atoms with Gasteiger partial charge >= 0.3 is 19.8 Å². The predicted octanol–water partition coefficient (Wildman–Crippen LogP) is 13.0. The summed E-state index contributed by atoms with van der Waals surface area (Å²) in [5, 5.41) is 0. The standard InChI is InChI=1S/C44H86NO8P/c1-3-5-7-9-11-13-15-17-19-20-21-22-23-25-26-28-30-32-34-36-43(46)50-40-42(41-52-54(48,49)51-39-38-45)53-44(47)37-35-33-31-29-27-24-18-16-14-12-10-8-6-4-2/h16,18,42H,3-15,17,19-41,45H2,1-2H3,(H,48,49)/b18-16-. The second kappa shape index (κ2) is 41.4. The number of carbonyl (C=O) groups is 2. The number of rotatable bonds is 43. The van der Waals surface area contributed by atoms with Crippen molar-refractivity contribution >= 4 is 19.8 Å². The van der Waals surface area contributed by atoms with Gasteiger partial charge in [0.2, 0.25) is 0 Å². The van der Waals surface area contributed by atoms with Gasteiger partial charge in [-0.3, -0.25) is 18.6 Å². The van der Waals surface area contributed by atoms with Crippen LogP contribution >= 0.6 is 7.82 Å². The Morgan fingerprint density at radius 3 is 1.31 bits per heavy atom. The lowest BCUT2D eigenvalue weighted by atomic mass is 10.0. The van der Waals surface area contributed by atoms with Gasteiger partial charge in [0.15, 0.2) is 6.10 Å². The quantitative estimate of drug-likeness (QED) is 0.0268. The third-order valence-electron chi connectivity index (χ3n) is 9.90. The number of phosphoric acid groups is 1. The second-order valence-electron chi connectivity index (χ2n) is 15.3. The molecule has 0 aliphatic heterocycles. The van der Waals surface area contributed by atoms with Crippen molar-refractivity contribution in [2.75, 3.05) is 26.4 Å². The highest BCUT2D eigenvalue weighted by molar-refractivity contribution is 7.47. The summed E-state index contributed by atoms with van der Waals surface area (Å²) >= 11 is 0. The molecule has 0 rings (SSSR count). The molecule has 0 aliphatic rings. The summed E-state index contributed by atoms with van der Waals surface area (Å²) in [6, 6.07) is 0. The van der Waals surface area contributed by atoms with E-state index in [9.17, 15) is 19.0 Å². The molecule has 0 aromatic rings. The van der Waals surface area contributed by atoms with Crippen LogP contribution in [0.2, 0.25) is 0 Å². The summed E-state index contributed by atoms with van der Waals surface area (Å²) in [6.45, 7) is 3.75. The van der Waals surface area contributed by atoms with Crippen LogP contribution in [0.15, 0.2) is 12.2 Å². The minimum Gasteiger partial charge on any atom is -0.462 e. The molecule has 0 aromatic carbocycles. The summed E-state index contributed by atoms with van der Waals surface area (Å²) in [7, 11) is -4.37. The zero-order valence-corrected chi connectivity index (χ0v) is 36.1. The molecule has 0 spiro atoms. The highest BCUT2D eigenvalue weighted by Crippen LogP contribution is 2.43. The van der Waals surface area contributed by atoms with Crippen LogP contribution in [0, 0.1) is 0 Å². The predicted molar refractivity (Wildman–Crippen MR) is 224 cm³/mol. The number of ether oxygens (including phenoxy) is 2. The fraction of sp³-hybridized carbons (Fsp3) is 0.909. The highest BCUT2D eigenvalue weighted by Gasteiger charge is 2.26. The van der Waals surface area contributed by atoms with Crippen molar-refractivity contribution in [2.45, 2.75) is 232 Å². The second-order valence-corrected chi connectivity index (χ2v) is 16.7. The smallest absolute Gasteiger partial charge is 0.462 e. The van der Waals surface area contributed by atoms with Crippen molar-refractivity contribution < 1.29 is 37.6 Å². The molecule has 0 saturated heterocycles. The first kappa shape index (κ1) is 52.8. The van der Waals surface area contributed by atoms with Crippen molar-refractivity contribution in [3.8, 4) is 0 Å². The third kappa shape index (κ3) is 40.4. The highest BCUT2D eigenvalue weighted by atomic mass is 31.2. The molecule has 320 valence electrons. The van der Waals surface area contributed by atoms with Crippen LogP contribution in [0.1, 0.15) is 226 Å². The molecule has 54 heavy (non-hydrogen) atoms. The maximum Gasteiger partial charge on any atom is 0.472 e. The van der Waals surface area contributed by atoms with Gasteiger partial charge in [0, 0.05) is 19.4 Å². The number of nitrogens with two attached hydrogens (primary N) is 1. The Morgan fingerprint density at radius 2 is 0.907 bits per heavy atom. The zero-order valence-electron chi connectivity index (χ0n) is 35.2. The number of hydrogen-bond acceptors (Lipinski definition) is 8. The van der Waals surface area contributed by atoms with Crippen LogP contribution in [0.5, 0.6) is 0 Å². The van der Waals surface area contributed by atoms with Crippen molar-refractivity contribution in [3.63, 3.8) is 0 Å². The molecule has 0 fully saturated rings. The lowest BCUT2D eigenvalue weighted by molar-refractivity contribution is -0.161. The molecule has 0 saturated carbocycles. The van der Waals surface area contributed by atoms with E-state index >= 15 is 0 Å². The Hall–Kier alpha value is -1.25. The molecule has 0 aromatic heterocycles. The lowest BCUT2D eigenvalue weighted by Gasteiger charge is -2.19. The van der Waals surface area contributed by atoms with Gasteiger partial charge in [0.05, 0.1) is 13.2 Å². The van der Waals surface area contributed by atoms with E-state index in [2.05, 4.69) is 26.0 Å². The molecular weight excluding hydrogens is 701 g/mol. The number of phosphoric ester groups is 1. The average Bonchev–Trinajstić information content (AvgIpc) is 3.16. The van der Waals surface area contributed by atoms with Gasteiger partial charge in [-0.05, 0) is 38.5 Å².